The van der Waals surface area contributed by atoms with Crippen LogP contribution in [0.5, 0.6) is 0 Å². The molecule has 16 heavy (non-hydrogen) atoms. The molecule has 0 N–H and O–H groups in total. The Morgan fingerprint density at radius 1 is 1.06 bits per heavy atom. The van der Waals surface area contributed by atoms with Gasteiger partial charge in [0.15, 0.2) is 0 Å². The molecule has 0 amide bonds. The highest BCUT2D eigenvalue weighted by Crippen LogP contribution is 2.28. The summed E-state index contributed by atoms with van der Waals surface area (Å²) in [6.07, 6.45) is 0. The third kappa shape index (κ3) is 1.72. The van der Waals surface area contributed by atoms with Gasteiger partial charge < -0.3 is 0 Å². The number of pyridine rings is 1. The van der Waals surface area contributed by atoms with E-state index in [1.165, 1.54) is 6.07 Å². The highest BCUT2D eigenvalue weighted by Gasteiger charge is 2.02. The molecule has 7 heteroatoms. The van der Waals surface area contributed by atoms with E-state index in [9.17, 15) is 0 Å². The molecule has 0 spiro atoms. The van der Waals surface area contributed by atoms with Gasteiger partial charge in [0.25, 0.3) is 0 Å². The molecule has 0 atom stereocenters. The number of benzene rings is 1. The summed E-state index contributed by atoms with van der Waals surface area (Å²) in [5.41, 5.74) is 17.8. The quantitative estimate of drug-likeness (QED) is 0.415. The molecule has 0 aliphatic rings. The lowest BCUT2D eigenvalue weighted by atomic mass is 10.2. The zero-order valence-electron chi connectivity index (χ0n) is 8.02. The molecule has 0 unspecified atom stereocenters. The smallest absolute Gasteiger partial charge is 0.127 e. The maximum atomic E-state index is 8.43. The van der Waals surface area contributed by atoms with Crippen molar-refractivity contribution in [2.24, 2.45) is 10.2 Å². The molecule has 0 saturated carbocycles. The van der Waals surface area contributed by atoms with Crippen molar-refractivity contribution in [3.63, 3.8) is 0 Å². The van der Waals surface area contributed by atoms with Crippen molar-refractivity contribution in [2.45, 2.75) is 0 Å². The number of nitrogens with zero attached hydrogens (tertiary/aromatic N) is 7. The lowest BCUT2D eigenvalue weighted by Crippen LogP contribution is -1.79. The molecular weight excluding hydrogens is 206 g/mol. The first-order valence-corrected chi connectivity index (χ1v) is 4.35. The second-order valence-electron chi connectivity index (χ2n) is 2.90. The van der Waals surface area contributed by atoms with E-state index >= 15 is 0 Å². The highest BCUT2D eigenvalue weighted by atomic mass is 15.2. The maximum Gasteiger partial charge on any atom is 0.127 e. The average Bonchev–Trinajstić information content (AvgIpc) is 2.30. The Morgan fingerprint density at radius 2 is 1.81 bits per heavy atom. The monoisotopic (exact) mass is 211 g/mol. The summed E-state index contributed by atoms with van der Waals surface area (Å²) in [6.45, 7) is 0. The van der Waals surface area contributed by atoms with Crippen LogP contribution in [0.4, 0.5) is 11.5 Å². The summed E-state index contributed by atoms with van der Waals surface area (Å²) in [7, 11) is 0. The molecule has 0 fully saturated rings. The molecule has 1 heterocycles. The lowest BCUT2D eigenvalue weighted by Gasteiger charge is -2.01. The molecule has 0 saturated heterocycles. The zero-order chi connectivity index (χ0) is 11.4. The van der Waals surface area contributed by atoms with Crippen LogP contribution in [0.3, 0.4) is 0 Å². The molecule has 1 aromatic heterocycles. The lowest BCUT2D eigenvalue weighted by molar-refractivity contribution is 1.30. The third-order valence-corrected chi connectivity index (χ3v) is 1.98. The standard InChI is InChI=1S/C9H5N7/c10-15-13-8-5-9(14-16-11)12-7-4-2-1-3-6(7)8/h1-5H. The van der Waals surface area contributed by atoms with Crippen molar-refractivity contribution < 1.29 is 0 Å². The van der Waals surface area contributed by atoms with Gasteiger partial charge in [-0.3, -0.25) is 0 Å². The minimum Gasteiger partial charge on any atom is -0.246 e. The van der Waals surface area contributed by atoms with Crippen molar-refractivity contribution in [1.29, 1.82) is 0 Å². The first-order chi connectivity index (χ1) is 7.85. The van der Waals surface area contributed by atoms with Gasteiger partial charge in [-0.25, -0.2) is 4.98 Å². The number of para-hydroxylation sites is 1. The zero-order valence-corrected chi connectivity index (χ0v) is 8.02. The predicted molar refractivity (Wildman–Crippen MR) is 59.4 cm³/mol. The molecule has 1 aromatic carbocycles. The Kier molecular flexibility index (Phi) is 2.56. The van der Waals surface area contributed by atoms with Crippen LogP contribution in [-0.2, 0) is 0 Å². The first-order valence-electron chi connectivity index (χ1n) is 4.35. The number of hydrogen-bond donors (Lipinski definition) is 0. The molecule has 0 aliphatic heterocycles. The van der Waals surface area contributed by atoms with Crippen molar-refractivity contribution in [3.8, 4) is 0 Å². The Balaban J connectivity index is 2.82. The van der Waals surface area contributed by atoms with E-state index in [1.807, 2.05) is 6.07 Å². The van der Waals surface area contributed by atoms with Gasteiger partial charge in [0, 0.05) is 20.9 Å². The van der Waals surface area contributed by atoms with Gasteiger partial charge in [0.1, 0.15) is 5.82 Å². The Labute approximate surface area is 89.6 Å². The minimum absolute atomic E-state index is 0.184. The fourth-order valence-electron chi connectivity index (χ4n) is 1.37. The van der Waals surface area contributed by atoms with Gasteiger partial charge in [-0.15, -0.1) is 0 Å². The van der Waals surface area contributed by atoms with Crippen LogP contribution in [0.15, 0.2) is 40.6 Å². The fourth-order valence-corrected chi connectivity index (χ4v) is 1.37. The summed E-state index contributed by atoms with van der Waals surface area (Å²) in [5.74, 6) is 0.184. The number of azide groups is 2. The second-order valence-corrected chi connectivity index (χ2v) is 2.90. The van der Waals surface area contributed by atoms with Crippen LogP contribution in [-0.4, -0.2) is 4.98 Å². The largest absolute Gasteiger partial charge is 0.246 e. The van der Waals surface area contributed by atoms with Gasteiger partial charge >= 0.3 is 0 Å². The van der Waals surface area contributed by atoms with E-state index in [2.05, 4.69) is 25.0 Å². The summed E-state index contributed by atoms with van der Waals surface area (Å²) in [6, 6.07) is 8.60. The summed E-state index contributed by atoms with van der Waals surface area (Å²) >= 11 is 0. The van der Waals surface area contributed by atoms with Crippen LogP contribution in [0, 0.1) is 0 Å². The van der Waals surface area contributed by atoms with E-state index in [0.717, 1.165) is 5.39 Å². The summed E-state index contributed by atoms with van der Waals surface area (Å²) in [4.78, 5) is 9.47. The molecule has 76 valence electrons. The van der Waals surface area contributed by atoms with Crippen molar-refractivity contribution in [2.75, 3.05) is 0 Å². The minimum atomic E-state index is 0.184. The van der Waals surface area contributed by atoms with Crippen molar-refractivity contribution in [3.05, 3.63) is 51.2 Å². The number of aromatic nitrogens is 1. The summed E-state index contributed by atoms with van der Waals surface area (Å²) in [5, 5.41) is 7.64. The van der Waals surface area contributed by atoms with Crippen LogP contribution < -0.4 is 0 Å². The van der Waals surface area contributed by atoms with Gasteiger partial charge in [-0.05, 0) is 28.3 Å². The third-order valence-electron chi connectivity index (χ3n) is 1.98. The van der Waals surface area contributed by atoms with Gasteiger partial charge in [-0.1, -0.05) is 23.3 Å². The Bertz CT molecular complexity index is 635. The van der Waals surface area contributed by atoms with E-state index in [4.69, 9.17) is 11.1 Å². The van der Waals surface area contributed by atoms with Crippen LogP contribution in [0.2, 0.25) is 0 Å². The van der Waals surface area contributed by atoms with Crippen LogP contribution >= 0.6 is 0 Å². The molecule has 0 radical (unpaired) electrons. The van der Waals surface area contributed by atoms with E-state index in [1.54, 1.807) is 18.2 Å². The van der Waals surface area contributed by atoms with E-state index in [-0.39, 0.29) is 5.82 Å². The highest BCUT2D eigenvalue weighted by molar-refractivity contribution is 5.91. The normalized spacial score (nSPS) is 9.25. The maximum absolute atomic E-state index is 8.43. The molecule has 7 nitrogen and oxygen atoms in total. The fraction of sp³-hybridized carbons (Fsp3) is 0. The van der Waals surface area contributed by atoms with E-state index in [0.29, 0.717) is 11.2 Å². The van der Waals surface area contributed by atoms with Gasteiger partial charge in [-0.2, -0.15) is 0 Å². The van der Waals surface area contributed by atoms with Gasteiger partial charge in [0.05, 0.1) is 5.52 Å². The van der Waals surface area contributed by atoms with Crippen molar-refractivity contribution >= 4 is 22.4 Å². The van der Waals surface area contributed by atoms with E-state index < -0.39 is 0 Å². The molecule has 2 aromatic rings. The van der Waals surface area contributed by atoms with Gasteiger partial charge in [0.2, 0.25) is 0 Å². The molecule has 0 bridgehead atoms. The molecular formula is C9H5N7. The number of rotatable bonds is 2. The van der Waals surface area contributed by atoms with Crippen LogP contribution in [0.1, 0.15) is 0 Å². The predicted octanol–water partition coefficient (Wildman–Crippen LogP) is 4.12. The molecule has 2 rings (SSSR count). The SMILES string of the molecule is [N-]=[N+]=Nc1cc(N=[N+]=[N-])c2ccccc2n1. The topological polar surface area (TPSA) is 110 Å². The summed E-state index contributed by atoms with van der Waals surface area (Å²) < 4.78 is 0. The average molecular weight is 211 g/mol. The number of fused-ring (bicyclic) bond motifs is 1. The Hall–Kier alpha value is -2.75. The molecule has 0 aliphatic carbocycles. The second kappa shape index (κ2) is 4.18. The van der Waals surface area contributed by atoms with Crippen LogP contribution in [0.25, 0.3) is 31.8 Å². The number of hydrogen-bond acceptors (Lipinski definition) is 3. The first kappa shape index (κ1) is 9.79. The van der Waals surface area contributed by atoms with Crippen molar-refractivity contribution in [1.82, 2.24) is 4.98 Å². The Morgan fingerprint density at radius 3 is 2.56 bits per heavy atom.